The molecule has 0 aliphatic heterocycles. The third kappa shape index (κ3) is 12.0. The second-order valence-corrected chi connectivity index (χ2v) is 5.20. The first kappa shape index (κ1) is 18.9. The molecule has 0 radical (unpaired) electrons. The van der Waals surface area contributed by atoms with Crippen LogP contribution in [0.1, 0.15) is 59.3 Å². The van der Waals surface area contributed by atoms with Crippen molar-refractivity contribution in [3.63, 3.8) is 0 Å². The zero-order valence-electron chi connectivity index (χ0n) is 13.2. The molecule has 0 saturated heterocycles. The zero-order chi connectivity index (χ0) is 15.2. The number of nitrogens with one attached hydrogen (secondary N) is 2. The van der Waals surface area contributed by atoms with Crippen LogP contribution in [-0.2, 0) is 14.3 Å². The largest absolute Gasteiger partial charge is 0.379 e. The molecule has 0 aromatic carbocycles. The maximum Gasteiger partial charge on any atom is 0.309 e. The van der Waals surface area contributed by atoms with Gasteiger partial charge in [0, 0.05) is 19.7 Å². The summed E-state index contributed by atoms with van der Waals surface area (Å²) in [6.07, 6.45) is 6.57. The Morgan fingerprint density at radius 1 is 0.900 bits per heavy atom. The van der Waals surface area contributed by atoms with Crippen molar-refractivity contribution in [3.05, 3.63) is 0 Å². The van der Waals surface area contributed by atoms with Gasteiger partial charge in [0.1, 0.15) is 0 Å². The van der Waals surface area contributed by atoms with Crippen LogP contribution in [0.15, 0.2) is 0 Å². The molecule has 0 bridgehead atoms. The summed E-state index contributed by atoms with van der Waals surface area (Å²) in [4.78, 5) is 22.9. The summed E-state index contributed by atoms with van der Waals surface area (Å²) in [5, 5.41) is 5.22. The van der Waals surface area contributed by atoms with E-state index in [2.05, 4.69) is 17.6 Å². The van der Waals surface area contributed by atoms with Crippen molar-refractivity contribution in [2.24, 2.45) is 0 Å². The van der Waals surface area contributed by atoms with Crippen molar-refractivity contribution in [2.45, 2.75) is 65.4 Å². The van der Waals surface area contributed by atoms with Gasteiger partial charge in [-0.25, -0.2) is 0 Å². The molecule has 0 spiro atoms. The van der Waals surface area contributed by atoms with E-state index in [0.717, 1.165) is 12.8 Å². The average Bonchev–Trinajstić information content (AvgIpc) is 2.41. The minimum atomic E-state index is -0.553. The highest BCUT2D eigenvalue weighted by Crippen LogP contribution is 2.00. The van der Waals surface area contributed by atoms with Gasteiger partial charge in [0.25, 0.3) is 0 Å². The van der Waals surface area contributed by atoms with Crippen molar-refractivity contribution in [3.8, 4) is 0 Å². The smallest absolute Gasteiger partial charge is 0.309 e. The first-order chi connectivity index (χ1) is 9.57. The van der Waals surface area contributed by atoms with E-state index >= 15 is 0 Å². The Labute approximate surface area is 122 Å². The predicted octanol–water partition coefficient (Wildman–Crippen LogP) is 2.00. The van der Waals surface area contributed by atoms with Crippen molar-refractivity contribution >= 4 is 11.8 Å². The number of rotatable bonds is 11. The molecule has 0 atom stereocenters. The second kappa shape index (κ2) is 12.9. The zero-order valence-corrected chi connectivity index (χ0v) is 13.2. The molecule has 0 aromatic rings. The van der Waals surface area contributed by atoms with Gasteiger partial charge in [0.15, 0.2) is 0 Å². The van der Waals surface area contributed by atoms with Gasteiger partial charge in [-0.2, -0.15) is 0 Å². The number of hydrogen-bond acceptors (Lipinski definition) is 3. The molecule has 0 fully saturated rings. The second-order valence-electron chi connectivity index (χ2n) is 5.20. The Bertz CT molecular complexity index is 268. The number of ether oxygens (including phenoxy) is 1. The van der Waals surface area contributed by atoms with Crippen LogP contribution in [-0.4, -0.2) is 37.6 Å². The highest BCUT2D eigenvalue weighted by atomic mass is 16.5. The Morgan fingerprint density at radius 3 is 2.00 bits per heavy atom. The molecule has 2 N–H and O–H groups in total. The quantitative estimate of drug-likeness (QED) is 0.451. The van der Waals surface area contributed by atoms with Gasteiger partial charge < -0.3 is 15.4 Å². The lowest BCUT2D eigenvalue weighted by Crippen LogP contribution is -2.40. The van der Waals surface area contributed by atoms with Crippen LogP contribution < -0.4 is 10.6 Å². The van der Waals surface area contributed by atoms with E-state index in [0.29, 0.717) is 26.1 Å². The molecule has 0 saturated carbocycles. The lowest BCUT2D eigenvalue weighted by atomic mass is 10.1. The highest BCUT2D eigenvalue weighted by molar-refractivity contribution is 6.35. The van der Waals surface area contributed by atoms with E-state index in [4.69, 9.17) is 4.74 Å². The molecule has 0 rings (SSSR count). The Morgan fingerprint density at radius 2 is 1.45 bits per heavy atom. The molecule has 5 nitrogen and oxygen atoms in total. The maximum absolute atomic E-state index is 11.4. The van der Waals surface area contributed by atoms with Gasteiger partial charge in [0.2, 0.25) is 0 Å². The SMILES string of the molecule is CCCCCCCNC(=O)C(=O)NCCCOC(C)C. The first-order valence-corrected chi connectivity index (χ1v) is 7.75. The summed E-state index contributed by atoms with van der Waals surface area (Å²) in [5.41, 5.74) is 0. The van der Waals surface area contributed by atoms with Crippen molar-refractivity contribution in [1.82, 2.24) is 10.6 Å². The van der Waals surface area contributed by atoms with E-state index in [1.54, 1.807) is 0 Å². The molecule has 20 heavy (non-hydrogen) atoms. The third-order valence-corrected chi connectivity index (χ3v) is 2.83. The fraction of sp³-hybridized carbons (Fsp3) is 0.867. The molecule has 0 aliphatic rings. The van der Waals surface area contributed by atoms with Gasteiger partial charge in [0.05, 0.1) is 6.10 Å². The molecule has 0 aromatic heterocycles. The summed E-state index contributed by atoms with van der Waals surface area (Å²) >= 11 is 0. The molecule has 2 amide bonds. The molecule has 118 valence electrons. The van der Waals surface area contributed by atoms with Crippen LogP contribution in [0, 0.1) is 0 Å². The van der Waals surface area contributed by atoms with Crippen molar-refractivity contribution in [1.29, 1.82) is 0 Å². The van der Waals surface area contributed by atoms with Crippen LogP contribution in [0.4, 0.5) is 0 Å². The topological polar surface area (TPSA) is 67.4 Å². The number of unbranched alkanes of at least 4 members (excludes halogenated alkanes) is 4. The Balaban J connectivity index is 3.45. The van der Waals surface area contributed by atoms with E-state index in [1.165, 1.54) is 19.3 Å². The summed E-state index contributed by atoms with van der Waals surface area (Å²) in [6, 6.07) is 0. The molecular weight excluding hydrogens is 256 g/mol. The van der Waals surface area contributed by atoms with Crippen molar-refractivity contribution in [2.75, 3.05) is 19.7 Å². The Hall–Kier alpha value is -1.10. The number of carbonyl (C=O) groups excluding carboxylic acids is 2. The van der Waals surface area contributed by atoms with Crippen LogP contribution in [0.2, 0.25) is 0 Å². The summed E-state index contributed by atoms with van der Waals surface area (Å²) < 4.78 is 5.34. The minimum Gasteiger partial charge on any atom is -0.379 e. The van der Waals surface area contributed by atoms with E-state index in [1.807, 2.05) is 13.8 Å². The average molecular weight is 286 g/mol. The van der Waals surface area contributed by atoms with Crippen LogP contribution in [0.25, 0.3) is 0 Å². The minimum absolute atomic E-state index is 0.196. The maximum atomic E-state index is 11.4. The van der Waals surface area contributed by atoms with E-state index in [9.17, 15) is 9.59 Å². The van der Waals surface area contributed by atoms with E-state index < -0.39 is 11.8 Å². The van der Waals surface area contributed by atoms with Gasteiger partial charge >= 0.3 is 11.8 Å². The van der Waals surface area contributed by atoms with Crippen LogP contribution in [0.5, 0.6) is 0 Å². The lowest BCUT2D eigenvalue weighted by molar-refractivity contribution is -0.139. The molecule has 0 heterocycles. The van der Waals surface area contributed by atoms with Crippen LogP contribution >= 0.6 is 0 Å². The van der Waals surface area contributed by atoms with Gasteiger partial charge in [-0.3, -0.25) is 9.59 Å². The molecule has 5 heteroatoms. The Kier molecular flexibility index (Phi) is 12.2. The number of hydrogen-bond donors (Lipinski definition) is 2. The highest BCUT2D eigenvalue weighted by Gasteiger charge is 2.11. The first-order valence-electron chi connectivity index (χ1n) is 7.75. The molecular formula is C15H30N2O3. The molecule has 0 aliphatic carbocycles. The van der Waals surface area contributed by atoms with Gasteiger partial charge in [-0.15, -0.1) is 0 Å². The molecule has 0 unspecified atom stereocenters. The van der Waals surface area contributed by atoms with Gasteiger partial charge in [-0.1, -0.05) is 32.6 Å². The number of carbonyl (C=O) groups is 2. The van der Waals surface area contributed by atoms with Gasteiger partial charge in [-0.05, 0) is 26.7 Å². The van der Waals surface area contributed by atoms with Crippen LogP contribution in [0.3, 0.4) is 0 Å². The summed E-state index contributed by atoms with van der Waals surface area (Å²) in [7, 11) is 0. The monoisotopic (exact) mass is 286 g/mol. The standard InChI is InChI=1S/C15H30N2O3/c1-4-5-6-7-8-10-16-14(18)15(19)17-11-9-12-20-13(2)3/h13H,4-12H2,1-3H3,(H,16,18)(H,17,19). The number of amides is 2. The third-order valence-electron chi connectivity index (χ3n) is 2.83. The predicted molar refractivity (Wildman–Crippen MR) is 80.5 cm³/mol. The summed E-state index contributed by atoms with van der Waals surface area (Å²) in [5.74, 6) is -1.09. The van der Waals surface area contributed by atoms with E-state index in [-0.39, 0.29) is 6.10 Å². The van der Waals surface area contributed by atoms with Crippen molar-refractivity contribution < 1.29 is 14.3 Å². The summed E-state index contributed by atoms with van der Waals surface area (Å²) in [6.45, 7) is 7.73. The normalized spacial score (nSPS) is 10.6. The fourth-order valence-electron chi connectivity index (χ4n) is 1.68. The fourth-order valence-corrected chi connectivity index (χ4v) is 1.68. The lowest BCUT2D eigenvalue weighted by Gasteiger charge is -2.08.